The van der Waals surface area contributed by atoms with Crippen LogP contribution >= 0.6 is 0 Å². The maximum absolute atomic E-state index is 10.8. The molecular weight excluding hydrogens is 196 g/mol. The summed E-state index contributed by atoms with van der Waals surface area (Å²) >= 11 is 0. The highest BCUT2D eigenvalue weighted by molar-refractivity contribution is 4.94. The Kier molecular flexibility index (Phi) is 2.88. The van der Waals surface area contributed by atoms with Crippen molar-refractivity contribution in [2.45, 2.75) is 19.3 Å². The number of piperidine rings is 1. The van der Waals surface area contributed by atoms with E-state index in [1.807, 2.05) is 0 Å². The van der Waals surface area contributed by atoms with Crippen molar-refractivity contribution in [3.63, 3.8) is 0 Å². The van der Waals surface area contributed by atoms with Crippen molar-refractivity contribution in [2.24, 2.45) is 11.1 Å². The Morgan fingerprint density at radius 1 is 1.47 bits per heavy atom. The van der Waals surface area contributed by atoms with Crippen molar-refractivity contribution in [3.05, 3.63) is 16.4 Å². The minimum Gasteiger partial charge on any atom is -0.330 e. The maximum Gasteiger partial charge on any atom is 0.438 e. The van der Waals surface area contributed by atoms with E-state index >= 15 is 0 Å². The molecule has 2 rings (SSSR count). The number of nitrogens with zero attached hydrogens (tertiary/aromatic N) is 1. The van der Waals surface area contributed by atoms with Crippen LogP contribution < -0.4 is 16.8 Å². The van der Waals surface area contributed by atoms with Crippen LogP contribution in [0.3, 0.4) is 0 Å². The van der Waals surface area contributed by atoms with Crippen LogP contribution in [0.2, 0.25) is 0 Å². The molecule has 6 nitrogen and oxygen atoms in total. The number of rotatable bonds is 3. The zero-order valence-corrected chi connectivity index (χ0v) is 8.58. The van der Waals surface area contributed by atoms with Crippen LogP contribution in [-0.4, -0.2) is 29.8 Å². The summed E-state index contributed by atoms with van der Waals surface area (Å²) in [6.45, 7) is 2.56. The third kappa shape index (κ3) is 2.27. The maximum atomic E-state index is 10.8. The fourth-order valence-electron chi connectivity index (χ4n) is 2.10. The molecular formula is C9H16N4O2. The van der Waals surface area contributed by atoms with Crippen LogP contribution in [0.15, 0.2) is 9.32 Å². The molecule has 0 spiro atoms. The molecule has 1 aromatic rings. The van der Waals surface area contributed by atoms with E-state index in [1.165, 1.54) is 0 Å². The standard InChI is InChI=1S/C9H16N4O2/c10-6-9(1-3-11-4-2-9)5-7-12-8(14)15-13-7/h11H,1-6,10H2,(H,12,13,14). The predicted octanol–water partition coefficient (Wildman–Crippen LogP) is -0.766. The highest BCUT2D eigenvalue weighted by atomic mass is 16.5. The second-order valence-corrected chi connectivity index (χ2v) is 4.17. The fourth-order valence-corrected chi connectivity index (χ4v) is 2.10. The number of hydrogen-bond acceptors (Lipinski definition) is 5. The molecule has 6 heteroatoms. The summed E-state index contributed by atoms with van der Waals surface area (Å²) in [5.41, 5.74) is 5.88. The molecule has 4 N–H and O–H groups in total. The molecule has 1 aromatic heterocycles. The van der Waals surface area contributed by atoms with Gasteiger partial charge in [-0.25, -0.2) is 4.79 Å². The van der Waals surface area contributed by atoms with Gasteiger partial charge in [0.25, 0.3) is 0 Å². The second-order valence-electron chi connectivity index (χ2n) is 4.17. The molecule has 0 unspecified atom stereocenters. The Hall–Kier alpha value is -1.14. The normalized spacial score (nSPS) is 20.3. The van der Waals surface area contributed by atoms with Crippen molar-refractivity contribution in [1.29, 1.82) is 0 Å². The molecule has 15 heavy (non-hydrogen) atoms. The van der Waals surface area contributed by atoms with Crippen molar-refractivity contribution in [2.75, 3.05) is 19.6 Å². The van der Waals surface area contributed by atoms with E-state index in [0.29, 0.717) is 18.8 Å². The molecule has 1 aliphatic rings. The number of hydrogen-bond donors (Lipinski definition) is 3. The first-order valence-corrected chi connectivity index (χ1v) is 5.20. The Labute approximate surface area is 87.2 Å². The lowest BCUT2D eigenvalue weighted by Crippen LogP contribution is -2.43. The average Bonchev–Trinajstić information content (AvgIpc) is 2.65. The van der Waals surface area contributed by atoms with E-state index in [1.54, 1.807) is 0 Å². The third-order valence-corrected chi connectivity index (χ3v) is 3.12. The molecule has 0 aromatic carbocycles. The Morgan fingerprint density at radius 3 is 2.73 bits per heavy atom. The Balaban J connectivity index is 2.09. The molecule has 0 radical (unpaired) electrons. The summed E-state index contributed by atoms with van der Waals surface area (Å²) in [6, 6.07) is 0. The van der Waals surface area contributed by atoms with Gasteiger partial charge in [-0.2, -0.15) is 0 Å². The van der Waals surface area contributed by atoms with E-state index in [0.717, 1.165) is 25.9 Å². The van der Waals surface area contributed by atoms with Crippen molar-refractivity contribution in [3.8, 4) is 0 Å². The van der Waals surface area contributed by atoms with Crippen molar-refractivity contribution in [1.82, 2.24) is 15.5 Å². The van der Waals surface area contributed by atoms with Gasteiger partial charge < -0.3 is 11.1 Å². The SMILES string of the molecule is NCC1(Cc2noc(=O)[nH]2)CCNCC1. The van der Waals surface area contributed by atoms with Gasteiger partial charge in [0.2, 0.25) is 0 Å². The molecule has 0 bridgehead atoms. The average molecular weight is 212 g/mol. The summed E-state index contributed by atoms with van der Waals surface area (Å²) in [5, 5.41) is 6.98. The lowest BCUT2D eigenvalue weighted by Gasteiger charge is -2.35. The van der Waals surface area contributed by atoms with E-state index in [4.69, 9.17) is 5.73 Å². The molecule has 0 aliphatic carbocycles. The van der Waals surface area contributed by atoms with Gasteiger partial charge in [-0.15, -0.1) is 0 Å². The largest absolute Gasteiger partial charge is 0.438 e. The first kappa shape index (κ1) is 10.4. The Bertz CT molecular complexity index is 364. The van der Waals surface area contributed by atoms with Gasteiger partial charge in [-0.1, -0.05) is 5.16 Å². The second kappa shape index (κ2) is 4.16. The molecule has 1 fully saturated rings. The lowest BCUT2D eigenvalue weighted by atomic mass is 9.76. The summed E-state index contributed by atoms with van der Waals surface area (Å²) in [4.78, 5) is 13.4. The van der Waals surface area contributed by atoms with Crippen LogP contribution in [0.25, 0.3) is 0 Å². The van der Waals surface area contributed by atoms with Gasteiger partial charge in [0.05, 0.1) is 0 Å². The van der Waals surface area contributed by atoms with Gasteiger partial charge >= 0.3 is 5.76 Å². The smallest absolute Gasteiger partial charge is 0.330 e. The number of nitrogens with two attached hydrogens (primary N) is 1. The zero-order valence-electron chi connectivity index (χ0n) is 8.58. The van der Waals surface area contributed by atoms with Gasteiger partial charge in [-0.3, -0.25) is 9.51 Å². The zero-order chi connectivity index (χ0) is 10.7. The quantitative estimate of drug-likeness (QED) is 0.611. The van der Waals surface area contributed by atoms with Crippen molar-refractivity contribution < 1.29 is 4.52 Å². The van der Waals surface area contributed by atoms with Crippen LogP contribution in [0.5, 0.6) is 0 Å². The predicted molar refractivity (Wildman–Crippen MR) is 54.4 cm³/mol. The minimum atomic E-state index is -0.494. The first-order chi connectivity index (χ1) is 7.24. The van der Waals surface area contributed by atoms with Gasteiger partial charge in [0.15, 0.2) is 5.82 Å². The summed E-state index contributed by atoms with van der Waals surface area (Å²) in [6.07, 6.45) is 2.72. The molecule has 2 heterocycles. The van der Waals surface area contributed by atoms with Crippen LogP contribution in [0, 0.1) is 5.41 Å². The Morgan fingerprint density at radius 2 is 2.20 bits per heavy atom. The highest BCUT2D eigenvalue weighted by Gasteiger charge is 2.32. The first-order valence-electron chi connectivity index (χ1n) is 5.20. The van der Waals surface area contributed by atoms with Crippen LogP contribution in [-0.2, 0) is 6.42 Å². The van der Waals surface area contributed by atoms with Crippen molar-refractivity contribution >= 4 is 0 Å². The van der Waals surface area contributed by atoms with Gasteiger partial charge in [0, 0.05) is 6.42 Å². The van der Waals surface area contributed by atoms with Gasteiger partial charge in [0.1, 0.15) is 0 Å². The van der Waals surface area contributed by atoms with Gasteiger partial charge in [-0.05, 0) is 37.9 Å². The topological polar surface area (TPSA) is 96.9 Å². The van der Waals surface area contributed by atoms with E-state index in [9.17, 15) is 4.79 Å². The summed E-state index contributed by atoms with van der Waals surface area (Å²) in [5.74, 6) is 0.110. The summed E-state index contributed by atoms with van der Waals surface area (Å²) in [7, 11) is 0. The molecule has 1 saturated heterocycles. The number of aromatic amines is 1. The van der Waals surface area contributed by atoms with E-state index in [2.05, 4.69) is 20.0 Å². The van der Waals surface area contributed by atoms with E-state index in [-0.39, 0.29) is 5.41 Å². The molecule has 0 atom stereocenters. The van der Waals surface area contributed by atoms with Crippen LogP contribution in [0.4, 0.5) is 0 Å². The number of aromatic nitrogens is 2. The monoisotopic (exact) mass is 212 g/mol. The highest BCUT2D eigenvalue weighted by Crippen LogP contribution is 2.30. The van der Waals surface area contributed by atoms with E-state index < -0.39 is 5.76 Å². The minimum absolute atomic E-state index is 0.0606. The number of H-pyrrole nitrogens is 1. The molecule has 1 aliphatic heterocycles. The lowest BCUT2D eigenvalue weighted by molar-refractivity contribution is 0.204. The van der Waals surface area contributed by atoms with Crippen LogP contribution in [0.1, 0.15) is 18.7 Å². The number of nitrogens with one attached hydrogen (secondary N) is 2. The molecule has 84 valence electrons. The molecule has 0 amide bonds. The fraction of sp³-hybridized carbons (Fsp3) is 0.778. The summed E-state index contributed by atoms with van der Waals surface area (Å²) < 4.78 is 4.48. The molecule has 0 saturated carbocycles. The third-order valence-electron chi connectivity index (χ3n) is 3.12.